The van der Waals surface area contributed by atoms with Gasteiger partial charge in [0, 0.05) is 6.54 Å². The zero-order chi connectivity index (χ0) is 10.8. The summed E-state index contributed by atoms with van der Waals surface area (Å²) in [4.78, 5) is 12.5. The molecule has 0 unspecified atom stereocenters. The van der Waals surface area contributed by atoms with Gasteiger partial charge >= 0.3 is 0 Å². The highest BCUT2D eigenvalue weighted by molar-refractivity contribution is 6.32. The van der Waals surface area contributed by atoms with Crippen LogP contribution >= 0.6 is 11.6 Å². The zero-order valence-electron chi connectivity index (χ0n) is 8.63. The van der Waals surface area contributed by atoms with Crippen LogP contribution < -0.4 is 10.6 Å². The van der Waals surface area contributed by atoms with Crippen LogP contribution in [0.3, 0.4) is 0 Å². The van der Waals surface area contributed by atoms with Gasteiger partial charge in [0.1, 0.15) is 11.5 Å². The van der Waals surface area contributed by atoms with Crippen molar-refractivity contribution in [3.63, 3.8) is 0 Å². The lowest BCUT2D eigenvalue weighted by molar-refractivity contribution is 0.958. The van der Waals surface area contributed by atoms with Crippen LogP contribution in [0, 0.1) is 13.8 Å². The summed E-state index contributed by atoms with van der Waals surface area (Å²) in [6, 6.07) is 0. The van der Waals surface area contributed by atoms with Gasteiger partial charge in [0.2, 0.25) is 0 Å². The molecule has 1 aliphatic heterocycles. The molecule has 15 heavy (non-hydrogen) atoms. The number of rotatable bonds is 1. The van der Waals surface area contributed by atoms with Crippen molar-refractivity contribution >= 4 is 23.2 Å². The molecule has 2 heterocycles. The monoisotopic (exact) mass is 225 g/mol. The van der Waals surface area contributed by atoms with E-state index in [1.54, 1.807) is 0 Å². The van der Waals surface area contributed by atoms with E-state index < -0.39 is 0 Å². The van der Waals surface area contributed by atoms with Crippen LogP contribution in [-0.4, -0.2) is 29.0 Å². The lowest BCUT2D eigenvalue weighted by atomic mass is 10.3. The number of aryl methyl sites for hydroxylation is 2. The Hall–Kier alpha value is -1.36. The molecule has 0 saturated carbocycles. The van der Waals surface area contributed by atoms with Crippen LogP contribution in [0.4, 0.5) is 5.69 Å². The minimum absolute atomic E-state index is 0.427. The molecule has 0 spiro atoms. The van der Waals surface area contributed by atoms with E-state index in [4.69, 9.17) is 11.6 Å². The molecule has 2 rings (SSSR count). The average Bonchev–Trinajstić information content (AvgIpc) is 2.63. The van der Waals surface area contributed by atoms with E-state index in [9.17, 15) is 0 Å². The van der Waals surface area contributed by atoms with Gasteiger partial charge in [0.25, 0.3) is 0 Å². The molecule has 1 aliphatic rings. The van der Waals surface area contributed by atoms with Gasteiger partial charge in [-0.3, -0.25) is 4.99 Å². The highest BCUT2D eigenvalue weighted by atomic mass is 35.5. The maximum absolute atomic E-state index is 6.02. The van der Waals surface area contributed by atoms with Gasteiger partial charge < -0.3 is 10.6 Å². The number of hydrogen-bond acceptors (Lipinski definition) is 5. The first kappa shape index (κ1) is 10.2. The highest BCUT2D eigenvalue weighted by Crippen LogP contribution is 2.22. The maximum atomic E-state index is 6.02. The molecule has 5 nitrogen and oxygen atoms in total. The van der Waals surface area contributed by atoms with E-state index in [1.165, 1.54) is 0 Å². The minimum atomic E-state index is 0.427. The van der Waals surface area contributed by atoms with E-state index in [0.717, 1.165) is 30.4 Å². The van der Waals surface area contributed by atoms with Crippen LogP contribution in [-0.2, 0) is 0 Å². The van der Waals surface area contributed by atoms with Crippen molar-refractivity contribution in [3.8, 4) is 0 Å². The molecule has 0 bridgehead atoms. The molecule has 0 amide bonds. The number of hydrogen-bond donors (Lipinski definition) is 2. The molecule has 1 aromatic heterocycles. The molecule has 80 valence electrons. The molecule has 0 fully saturated rings. The molecule has 2 N–H and O–H groups in total. The van der Waals surface area contributed by atoms with Gasteiger partial charge in [-0.15, -0.1) is 0 Å². The average molecular weight is 226 g/mol. The van der Waals surface area contributed by atoms with Gasteiger partial charge in [0.15, 0.2) is 11.1 Å². The molecular formula is C9H12ClN5. The largest absolute Gasteiger partial charge is 0.354 e. The number of aromatic nitrogens is 2. The number of guanidine groups is 1. The summed E-state index contributed by atoms with van der Waals surface area (Å²) in [5.41, 5.74) is 1.54. The van der Waals surface area contributed by atoms with Crippen LogP contribution in [0.5, 0.6) is 0 Å². The van der Waals surface area contributed by atoms with Crippen molar-refractivity contribution in [2.45, 2.75) is 13.8 Å². The third-order valence-corrected chi connectivity index (χ3v) is 2.35. The molecule has 1 aromatic rings. The van der Waals surface area contributed by atoms with E-state index in [-0.39, 0.29) is 0 Å². The van der Waals surface area contributed by atoms with Crippen molar-refractivity contribution in [1.82, 2.24) is 15.3 Å². The smallest absolute Gasteiger partial charge is 0.196 e. The Balaban J connectivity index is 2.27. The summed E-state index contributed by atoms with van der Waals surface area (Å²) in [5, 5.41) is 6.61. The van der Waals surface area contributed by atoms with Gasteiger partial charge in [-0.25, -0.2) is 9.97 Å². The third kappa shape index (κ3) is 2.18. The number of anilines is 1. The van der Waals surface area contributed by atoms with Crippen molar-refractivity contribution in [2.24, 2.45) is 4.99 Å². The molecule has 0 radical (unpaired) electrons. The Labute approximate surface area is 93.0 Å². The van der Waals surface area contributed by atoms with Crippen LogP contribution in [0.1, 0.15) is 11.5 Å². The van der Waals surface area contributed by atoms with Crippen LogP contribution in [0.25, 0.3) is 0 Å². The number of halogens is 1. The zero-order valence-corrected chi connectivity index (χ0v) is 9.39. The standard InChI is InChI=1S/C9H12ClN5/c1-5-7(8(10)14-6(2)13-5)15-9-11-3-4-12-9/h3-4H2,1-2H3,(H2,11,12,15). The lowest BCUT2D eigenvalue weighted by Crippen LogP contribution is -2.27. The number of nitrogens with one attached hydrogen (secondary N) is 2. The fourth-order valence-electron chi connectivity index (χ4n) is 1.41. The van der Waals surface area contributed by atoms with E-state index in [1.807, 2.05) is 13.8 Å². The Bertz CT molecular complexity index is 392. The third-order valence-electron chi connectivity index (χ3n) is 2.08. The Morgan fingerprint density at radius 1 is 1.33 bits per heavy atom. The van der Waals surface area contributed by atoms with Gasteiger partial charge in [-0.05, 0) is 13.8 Å². The Morgan fingerprint density at radius 2 is 2.13 bits per heavy atom. The van der Waals surface area contributed by atoms with E-state index >= 15 is 0 Å². The van der Waals surface area contributed by atoms with Gasteiger partial charge in [-0.1, -0.05) is 11.6 Å². The first-order chi connectivity index (χ1) is 7.16. The first-order valence-corrected chi connectivity index (χ1v) is 5.10. The van der Waals surface area contributed by atoms with Crippen LogP contribution in [0.2, 0.25) is 5.15 Å². The minimum Gasteiger partial charge on any atom is -0.354 e. The molecule has 0 aliphatic carbocycles. The van der Waals surface area contributed by atoms with Gasteiger partial charge in [-0.2, -0.15) is 0 Å². The summed E-state index contributed by atoms with van der Waals surface area (Å²) < 4.78 is 0. The fourth-order valence-corrected chi connectivity index (χ4v) is 1.72. The molecule has 0 saturated heterocycles. The topological polar surface area (TPSA) is 62.2 Å². The second-order valence-corrected chi connectivity index (χ2v) is 3.66. The van der Waals surface area contributed by atoms with E-state index in [2.05, 4.69) is 25.6 Å². The summed E-state index contributed by atoms with van der Waals surface area (Å²) in [7, 11) is 0. The SMILES string of the molecule is Cc1nc(C)c(NC2=NCCN2)c(Cl)n1. The Morgan fingerprint density at radius 3 is 2.73 bits per heavy atom. The number of nitrogens with zero attached hydrogens (tertiary/aromatic N) is 3. The van der Waals surface area contributed by atoms with Crippen molar-refractivity contribution in [2.75, 3.05) is 18.4 Å². The predicted octanol–water partition coefficient (Wildman–Crippen LogP) is 1.12. The quantitative estimate of drug-likeness (QED) is 0.704. The van der Waals surface area contributed by atoms with Crippen molar-refractivity contribution in [3.05, 3.63) is 16.7 Å². The van der Waals surface area contributed by atoms with Gasteiger partial charge in [0.05, 0.1) is 12.2 Å². The molecular weight excluding hydrogens is 214 g/mol. The lowest BCUT2D eigenvalue weighted by Gasteiger charge is -2.10. The summed E-state index contributed by atoms with van der Waals surface area (Å²) in [6.45, 7) is 5.34. The normalized spacial score (nSPS) is 14.7. The second-order valence-electron chi connectivity index (χ2n) is 3.30. The maximum Gasteiger partial charge on any atom is 0.196 e. The Kier molecular flexibility index (Phi) is 2.73. The molecule has 6 heteroatoms. The second kappa shape index (κ2) is 4.02. The predicted molar refractivity (Wildman–Crippen MR) is 60.4 cm³/mol. The summed E-state index contributed by atoms with van der Waals surface area (Å²) >= 11 is 6.02. The van der Waals surface area contributed by atoms with E-state index in [0.29, 0.717) is 11.0 Å². The van der Waals surface area contributed by atoms with Crippen LogP contribution in [0.15, 0.2) is 4.99 Å². The molecule has 0 aromatic carbocycles. The first-order valence-electron chi connectivity index (χ1n) is 4.73. The highest BCUT2D eigenvalue weighted by Gasteiger charge is 2.12. The summed E-state index contributed by atoms with van der Waals surface area (Å²) in [5.74, 6) is 1.40. The van der Waals surface area contributed by atoms with Crippen molar-refractivity contribution < 1.29 is 0 Å². The summed E-state index contributed by atoms with van der Waals surface area (Å²) in [6.07, 6.45) is 0. The molecule has 0 atom stereocenters. The van der Waals surface area contributed by atoms with Crippen molar-refractivity contribution in [1.29, 1.82) is 0 Å². The fraction of sp³-hybridized carbons (Fsp3) is 0.444. The number of aliphatic imine (C=N–C) groups is 1.